The summed E-state index contributed by atoms with van der Waals surface area (Å²) in [4.78, 5) is 14.7. The molecule has 5 heteroatoms. The lowest BCUT2D eigenvalue weighted by molar-refractivity contribution is -0.137. The number of hydrogen-bond acceptors (Lipinski definition) is 3. The van der Waals surface area contributed by atoms with Gasteiger partial charge < -0.3 is 15.4 Å². The summed E-state index contributed by atoms with van der Waals surface area (Å²) in [6, 6.07) is 8.48. The van der Waals surface area contributed by atoms with Crippen LogP contribution in [0.5, 0.6) is 0 Å². The van der Waals surface area contributed by atoms with Gasteiger partial charge in [0, 0.05) is 13.2 Å². The zero-order valence-electron chi connectivity index (χ0n) is 12.3. The number of amides is 1. The maximum atomic E-state index is 12.6. The number of methoxy groups -OCH3 is 1. The third kappa shape index (κ3) is 3.23. The van der Waals surface area contributed by atoms with E-state index in [1.54, 1.807) is 7.11 Å². The minimum Gasteiger partial charge on any atom is -0.383 e. The van der Waals surface area contributed by atoms with Gasteiger partial charge in [0.2, 0.25) is 5.91 Å². The first kappa shape index (κ1) is 16.3. The van der Waals surface area contributed by atoms with Gasteiger partial charge in [-0.25, -0.2) is 0 Å². The number of nitrogens with zero attached hydrogens (tertiary/aromatic N) is 1. The van der Waals surface area contributed by atoms with Crippen LogP contribution in [-0.4, -0.2) is 36.6 Å². The molecule has 4 nitrogen and oxygen atoms in total. The van der Waals surface area contributed by atoms with E-state index in [9.17, 15) is 4.79 Å². The summed E-state index contributed by atoms with van der Waals surface area (Å²) in [7, 11) is 1.58. The number of rotatable bonds is 5. The largest absolute Gasteiger partial charge is 0.383 e. The van der Waals surface area contributed by atoms with Crippen LogP contribution in [0.2, 0.25) is 0 Å². The first-order chi connectivity index (χ1) is 9.72. The van der Waals surface area contributed by atoms with Crippen molar-refractivity contribution in [2.24, 2.45) is 5.73 Å². The average Bonchev–Trinajstić information content (AvgIpc) is 3.20. The van der Waals surface area contributed by atoms with E-state index in [0.29, 0.717) is 6.04 Å². The Morgan fingerprint density at radius 1 is 1.38 bits per heavy atom. The van der Waals surface area contributed by atoms with Gasteiger partial charge in [-0.2, -0.15) is 0 Å². The van der Waals surface area contributed by atoms with Crippen LogP contribution >= 0.6 is 12.4 Å². The molecule has 1 amide bonds. The number of aryl methyl sites for hydroxylation is 1. The summed E-state index contributed by atoms with van der Waals surface area (Å²) in [6.07, 6.45) is 4.27. The Kier molecular flexibility index (Phi) is 5.25. The van der Waals surface area contributed by atoms with E-state index < -0.39 is 6.04 Å². The molecular weight excluding hydrogens is 288 g/mol. The molecule has 1 saturated carbocycles. The van der Waals surface area contributed by atoms with Crippen LogP contribution in [0.3, 0.4) is 0 Å². The molecule has 2 N–H and O–H groups in total. The van der Waals surface area contributed by atoms with E-state index in [1.165, 1.54) is 11.1 Å². The molecule has 2 unspecified atom stereocenters. The van der Waals surface area contributed by atoms with E-state index in [0.717, 1.165) is 25.7 Å². The molecule has 0 heterocycles. The van der Waals surface area contributed by atoms with Crippen LogP contribution in [0.1, 0.15) is 36.4 Å². The van der Waals surface area contributed by atoms with E-state index in [2.05, 4.69) is 24.3 Å². The minimum atomic E-state index is -0.548. The number of nitrogens with two attached hydrogens (primary N) is 1. The van der Waals surface area contributed by atoms with Crippen LogP contribution in [0, 0.1) is 0 Å². The molecule has 1 fully saturated rings. The molecule has 3 rings (SSSR count). The number of ether oxygens (including phenoxy) is 1. The van der Waals surface area contributed by atoms with Crippen molar-refractivity contribution in [3.05, 3.63) is 35.4 Å². The third-order valence-corrected chi connectivity index (χ3v) is 4.30. The second kappa shape index (κ2) is 6.77. The smallest absolute Gasteiger partial charge is 0.242 e. The maximum absolute atomic E-state index is 12.6. The fourth-order valence-electron chi connectivity index (χ4n) is 3.21. The summed E-state index contributed by atoms with van der Waals surface area (Å²) in [5.41, 5.74) is 8.64. The van der Waals surface area contributed by atoms with E-state index in [-0.39, 0.29) is 31.0 Å². The predicted octanol–water partition coefficient (Wildman–Crippen LogP) is 2.06. The molecule has 0 aromatic heterocycles. The molecule has 2 aliphatic rings. The number of halogens is 1. The zero-order chi connectivity index (χ0) is 14.1. The summed E-state index contributed by atoms with van der Waals surface area (Å²) < 4.78 is 5.03. The maximum Gasteiger partial charge on any atom is 0.242 e. The first-order valence-electron chi connectivity index (χ1n) is 7.37. The van der Waals surface area contributed by atoms with Gasteiger partial charge in [-0.1, -0.05) is 24.3 Å². The Bertz CT molecular complexity index is 505. The van der Waals surface area contributed by atoms with Crippen LogP contribution in [0.15, 0.2) is 24.3 Å². The third-order valence-electron chi connectivity index (χ3n) is 4.30. The van der Waals surface area contributed by atoms with Crippen molar-refractivity contribution < 1.29 is 9.53 Å². The van der Waals surface area contributed by atoms with E-state index in [1.807, 2.05) is 4.90 Å². The van der Waals surface area contributed by atoms with Crippen molar-refractivity contribution in [2.75, 3.05) is 13.7 Å². The first-order valence-corrected chi connectivity index (χ1v) is 7.37. The second-order valence-electron chi connectivity index (χ2n) is 5.79. The van der Waals surface area contributed by atoms with Gasteiger partial charge in [-0.15, -0.1) is 12.4 Å². The quantitative estimate of drug-likeness (QED) is 0.905. The molecule has 0 saturated heterocycles. The Balaban J connectivity index is 0.00000161. The number of fused-ring (bicyclic) bond motifs is 1. The SMILES string of the molecule is COCC(N)C(=O)N(C1CC1)C1CCc2ccccc21.Cl. The molecule has 2 atom stereocenters. The summed E-state index contributed by atoms with van der Waals surface area (Å²) in [5.74, 6) is 0.0380. The fraction of sp³-hybridized carbons (Fsp3) is 0.562. The molecule has 21 heavy (non-hydrogen) atoms. The number of carbonyl (C=O) groups excluding carboxylic acids is 1. The van der Waals surface area contributed by atoms with Crippen molar-refractivity contribution in [3.63, 3.8) is 0 Å². The molecule has 0 bridgehead atoms. The van der Waals surface area contributed by atoms with Gasteiger partial charge in [-0.05, 0) is 36.8 Å². The fourth-order valence-corrected chi connectivity index (χ4v) is 3.21. The standard InChI is InChI=1S/C16H22N2O2.ClH/c1-20-10-14(17)16(19)18(12-7-8-12)15-9-6-11-4-2-3-5-13(11)15;/h2-5,12,14-15H,6-10,17H2,1H3;1H. The summed E-state index contributed by atoms with van der Waals surface area (Å²) in [6.45, 7) is 0.288. The van der Waals surface area contributed by atoms with Crippen molar-refractivity contribution in [1.29, 1.82) is 0 Å². The molecule has 0 spiro atoms. The van der Waals surface area contributed by atoms with E-state index in [4.69, 9.17) is 10.5 Å². The van der Waals surface area contributed by atoms with Gasteiger partial charge in [0.25, 0.3) is 0 Å². The Hall–Kier alpha value is -1.10. The highest BCUT2D eigenvalue weighted by molar-refractivity contribution is 5.85. The molecule has 2 aliphatic carbocycles. The Morgan fingerprint density at radius 2 is 2.10 bits per heavy atom. The summed E-state index contributed by atoms with van der Waals surface area (Å²) >= 11 is 0. The van der Waals surface area contributed by atoms with Gasteiger partial charge in [0.05, 0.1) is 12.6 Å². The highest BCUT2D eigenvalue weighted by Gasteiger charge is 2.41. The van der Waals surface area contributed by atoms with Crippen molar-refractivity contribution in [3.8, 4) is 0 Å². The predicted molar refractivity (Wildman–Crippen MR) is 84.5 cm³/mol. The zero-order valence-corrected chi connectivity index (χ0v) is 13.1. The van der Waals surface area contributed by atoms with Crippen LogP contribution in [0.25, 0.3) is 0 Å². The lowest BCUT2D eigenvalue weighted by atomic mass is 10.1. The van der Waals surface area contributed by atoms with Crippen molar-refractivity contribution >= 4 is 18.3 Å². The number of benzene rings is 1. The molecule has 1 aromatic rings. The molecule has 0 aliphatic heterocycles. The molecule has 0 radical (unpaired) electrons. The Morgan fingerprint density at radius 3 is 2.76 bits per heavy atom. The molecule has 1 aromatic carbocycles. The van der Waals surface area contributed by atoms with Crippen LogP contribution in [0.4, 0.5) is 0 Å². The van der Waals surface area contributed by atoms with Gasteiger partial charge in [-0.3, -0.25) is 4.79 Å². The summed E-state index contributed by atoms with van der Waals surface area (Å²) in [5, 5.41) is 0. The van der Waals surface area contributed by atoms with Gasteiger partial charge in [0.15, 0.2) is 0 Å². The highest BCUT2D eigenvalue weighted by atomic mass is 35.5. The monoisotopic (exact) mass is 310 g/mol. The van der Waals surface area contributed by atoms with Gasteiger partial charge in [0.1, 0.15) is 6.04 Å². The minimum absolute atomic E-state index is 0. The highest BCUT2D eigenvalue weighted by Crippen LogP contribution is 2.41. The topological polar surface area (TPSA) is 55.6 Å². The molecule has 116 valence electrons. The lowest BCUT2D eigenvalue weighted by Crippen LogP contribution is -2.48. The van der Waals surface area contributed by atoms with Crippen molar-refractivity contribution in [2.45, 2.75) is 43.8 Å². The number of hydrogen-bond donors (Lipinski definition) is 1. The van der Waals surface area contributed by atoms with E-state index >= 15 is 0 Å². The van der Waals surface area contributed by atoms with Crippen molar-refractivity contribution in [1.82, 2.24) is 4.90 Å². The average molecular weight is 311 g/mol. The lowest BCUT2D eigenvalue weighted by Gasteiger charge is -2.32. The van der Waals surface area contributed by atoms with Crippen LogP contribution < -0.4 is 5.73 Å². The Labute approximate surface area is 132 Å². The molecular formula is C16H23ClN2O2. The second-order valence-corrected chi connectivity index (χ2v) is 5.79. The normalized spacial score (nSPS) is 21.3. The van der Waals surface area contributed by atoms with Gasteiger partial charge >= 0.3 is 0 Å². The number of carbonyl (C=O) groups is 1. The van der Waals surface area contributed by atoms with Crippen LogP contribution in [-0.2, 0) is 16.0 Å².